The average Bonchev–Trinajstić information content (AvgIpc) is 3.98. The molecule has 0 fully saturated rings. The Morgan fingerprint density at radius 1 is 0.410 bits per heavy atom. The number of rotatable bonds is 3. The molecule has 0 spiro atoms. The minimum Gasteiger partial charge on any atom is -0.308 e. The van der Waals surface area contributed by atoms with Crippen LogP contribution in [-0.2, 0) is 10.8 Å². The Morgan fingerprint density at radius 2 is 0.984 bits per heavy atom. The molecule has 0 saturated heterocycles. The molecule has 5 heterocycles. The predicted molar refractivity (Wildman–Crippen MR) is 261 cm³/mol. The molecule has 292 valence electrons. The van der Waals surface area contributed by atoms with Crippen molar-refractivity contribution in [3.05, 3.63) is 169 Å². The van der Waals surface area contributed by atoms with E-state index in [0.29, 0.717) is 0 Å². The van der Waals surface area contributed by atoms with E-state index in [2.05, 4.69) is 213 Å². The zero-order valence-corrected chi connectivity index (χ0v) is 35.3. The molecular weight excluding hydrogens is 741 g/mol. The van der Waals surface area contributed by atoms with E-state index >= 15 is 0 Å². The number of fused-ring (bicyclic) bond motifs is 16. The van der Waals surface area contributed by atoms with Gasteiger partial charge in [-0.3, -0.25) is 4.40 Å². The minimum atomic E-state index is -0.102. The smallest absolute Gasteiger partial charge is 0.146 e. The van der Waals surface area contributed by atoms with Gasteiger partial charge in [-0.25, -0.2) is 4.98 Å². The van der Waals surface area contributed by atoms with Crippen molar-refractivity contribution in [3.63, 3.8) is 0 Å². The standard InChI is InChI=1S/C57H44N4/c1-56(2,3)35-28-43-41-26-25-33-17-13-16-24-40(33)51(41)60-47-32-44-42-27-34-18-14-15-23-39(34)49-45-29-36(57(4,5)6)31-48(59(37-19-9-7-10-20-37)38-21-11-8-12-22-38)53(45)61(54(42)49)55(44)58-50(47)46(30-35)52(43)60/h7-32H,1-6H3. The normalized spacial score (nSPS) is 13.1. The van der Waals surface area contributed by atoms with Crippen LogP contribution < -0.4 is 4.90 Å². The summed E-state index contributed by atoms with van der Waals surface area (Å²) in [6.07, 6.45) is 0. The van der Waals surface area contributed by atoms with Crippen molar-refractivity contribution < 1.29 is 0 Å². The number of nitrogens with zero attached hydrogens (tertiary/aromatic N) is 4. The molecule has 4 heteroatoms. The maximum absolute atomic E-state index is 5.95. The van der Waals surface area contributed by atoms with Gasteiger partial charge >= 0.3 is 0 Å². The van der Waals surface area contributed by atoms with Crippen LogP contribution in [0.3, 0.4) is 0 Å². The summed E-state index contributed by atoms with van der Waals surface area (Å²) in [5.41, 5.74) is 13.9. The summed E-state index contributed by atoms with van der Waals surface area (Å²) >= 11 is 0. The molecule has 0 saturated carbocycles. The van der Waals surface area contributed by atoms with Crippen LogP contribution in [0.2, 0.25) is 0 Å². The van der Waals surface area contributed by atoms with Gasteiger partial charge in [0.25, 0.3) is 0 Å². The fourth-order valence-electron chi connectivity index (χ4n) is 10.6. The van der Waals surface area contributed by atoms with Gasteiger partial charge in [-0.05, 0) is 98.8 Å². The third-order valence-electron chi connectivity index (χ3n) is 13.6. The molecule has 13 aromatic rings. The van der Waals surface area contributed by atoms with Crippen molar-refractivity contribution in [2.45, 2.75) is 52.4 Å². The number of para-hydroxylation sites is 2. The summed E-state index contributed by atoms with van der Waals surface area (Å²) < 4.78 is 5.06. The molecule has 0 aliphatic rings. The number of hydrogen-bond acceptors (Lipinski definition) is 2. The van der Waals surface area contributed by atoms with Gasteiger partial charge in [0.05, 0.1) is 38.8 Å². The summed E-state index contributed by atoms with van der Waals surface area (Å²) in [5, 5.41) is 13.7. The molecule has 0 bridgehead atoms. The second kappa shape index (κ2) is 11.8. The summed E-state index contributed by atoms with van der Waals surface area (Å²) in [7, 11) is 0. The highest BCUT2D eigenvalue weighted by atomic mass is 15.2. The van der Waals surface area contributed by atoms with Gasteiger partial charge in [-0.2, -0.15) is 0 Å². The van der Waals surface area contributed by atoms with Crippen molar-refractivity contribution in [2.75, 3.05) is 4.90 Å². The predicted octanol–water partition coefficient (Wildman–Crippen LogP) is 15.8. The van der Waals surface area contributed by atoms with Gasteiger partial charge in [-0.1, -0.05) is 139 Å². The van der Waals surface area contributed by atoms with Crippen LogP contribution in [0, 0.1) is 0 Å². The van der Waals surface area contributed by atoms with E-state index in [9.17, 15) is 0 Å². The van der Waals surface area contributed by atoms with E-state index < -0.39 is 0 Å². The van der Waals surface area contributed by atoms with Crippen LogP contribution >= 0.6 is 0 Å². The molecule has 0 amide bonds. The third kappa shape index (κ3) is 4.62. The number of aromatic nitrogens is 3. The van der Waals surface area contributed by atoms with Crippen LogP contribution in [-0.4, -0.2) is 13.8 Å². The lowest BCUT2D eigenvalue weighted by atomic mass is 9.85. The van der Waals surface area contributed by atoms with E-state index in [1.807, 2.05) is 0 Å². The maximum Gasteiger partial charge on any atom is 0.146 e. The first-order valence-electron chi connectivity index (χ1n) is 21.6. The summed E-state index contributed by atoms with van der Waals surface area (Å²) in [6, 6.07) is 58.8. The Balaban J connectivity index is 1.29. The molecule has 61 heavy (non-hydrogen) atoms. The monoisotopic (exact) mass is 784 g/mol. The second-order valence-electron chi connectivity index (χ2n) is 19.3. The molecular formula is C57H44N4. The largest absolute Gasteiger partial charge is 0.308 e. The summed E-state index contributed by atoms with van der Waals surface area (Å²) in [6.45, 7) is 14.0. The van der Waals surface area contributed by atoms with E-state index in [1.54, 1.807) is 0 Å². The zero-order chi connectivity index (χ0) is 41.1. The van der Waals surface area contributed by atoms with Crippen molar-refractivity contribution >= 4 is 115 Å². The van der Waals surface area contributed by atoms with Crippen molar-refractivity contribution in [3.8, 4) is 0 Å². The van der Waals surface area contributed by atoms with E-state index in [4.69, 9.17) is 4.98 Å². The topological polar surface area (TPSA) is 25.0 Å². The van der Waals surface area contributed by atoms with Crippen LogP contribution in [0.5, 0.6) is 0 Å². The molecule has 0 aliphatic heterocycles. The molecule has 0 aliphatic carbocycles. The van der Waals surface area contributed by atoms with Gasteiger partial charge in [0.1, 0.15) is 5.65 Å². The Hall–Kier alpha value is -7.17. The van der Waals surface area contributed by atoms with Gasteiger partial charge in [-0.15, -0.1) is 0 Å². The number of benzene rings is 8. The SMILES string of the molecule is CC(C)(C)c1cc(N(c2ccccc2)c2ccccc2)c2c(c1)c1c3ccccc3cc3c4cc5c(nc4n2c31)c1cc(C(C)(C)C)cc2c3ccc4ccccc4c3n5c21. The number of anilines is 3. The molecule has 8 aromatic carbocycles. The second-order valence-corrected chi connectivity index (χ2v) is 19.3. The van der Waals surface area contributed by atoms with Crippen LogP contribution in [0.4, 0.5) is 17.1 Å². The minimum absolute atomic E-state index is 0.0490. The zero-order valence-electron chi connectivity index (χ0n) is 35.3. The Bertz CT molecular complexity index is 3890. The molecule has 0 N–H and O–H groups in total. The fraction of sp³-hybridized carbons (Fsp3) is 0.140. The molecule has 13 rings (SSSR count). The molecule has 5 aromatic heterocycles. The molecule has 0 atom stereocenters. The fourth-order valence-corrected chi connectivity index (χ4v) is 10.6. The molecule has 4 nitrogen and oxygen atoms in total. The first kappa shape index (κ1) is 34.7. The Morgan fingerprint density at radius 3 is 1.69 bits per heavy atom. The lowest BCUT2D eigenvalue weighted by molar-refractivity contribution is 0.591. The first-order chi connectivity index (χ1) is 29.5. The highest BCUT2D eigenvalue weighted by Gasteiger charge is 2.30. The van der Waals surface area contributed by atoms with Crippen molar-refractivity contribution in [1.29, 1.82) is 0 Å². The van der Waals surface area contributed by atoms with Crippen molar-refractivity contribution in [1.82, 2.24) is 13.8 Å². The van der Waals surface area contributed by atoms with Crippen LogP contribution in [0.1, 0.15) is 52.7 Å². The first-order valence-corrected chi connectivity index (χ1v) is 21.6. The average molecular weight is 785 g/mol. The van der Waals surface area contributed by atoms with Crippen molar-refractivity contribution in [2.24, 2.45) is 0 Å². The van der Waals surface area contributed by atoms with Gasteiger partial charge in [0.2, 0.25) is 0 Å². The van der Waals surface area contributed by atoms with Gasteiger partial charge in [0.15, 0.2) is 0 Å². The Kier molecular flexibility index (Phi) is 6.69. The van der Waals surface area contributed by atoms with E-state index in [-0.39, 0.29) is 10.8 Å². The molecule has 0 unspecified atom stereocenters. The van der Waals surface area contributed by atoms with Gasteiger partial charge < -0.3 is 9.30 Å². The Labute approximate surface area is 353 Å². The lowest BCUT2D eigenvalue weighted by Gasteiger charge is -2.29. The summed E-state index contributed by atoms with van der Waals surface area (Å²) in [5.74, 6) is 0. The highest BCUT2D eigenvalue weighted by molar-refractivity contribution is 6.34. The van der Waals surface area contributed by atoms with Crippen LogP contribution in [0.25, 0.3) is 98.0 Å². The van der Waals surface area contributed by atoms with E-state index in [1.165, 1.54) is 92.4 Å². The molecule has 0 radical (unpaired) electrons. The third-order valence-corrected chi connectivity index (χ3v) is 13.6. The summed E-state index contributed by atoms with van der Waals surface area (Å²) in [4.78, 5) is 8.40. The van der Waals surface area contributed by atoms with Crippen LogP contribution in [0.15, 0.2) is 158 Å². The maximum atomic E-state index is 5.95. The number of pyridine rings is 1. The van der Waals surface area contributed by atoms with E-state index in [0.717, 1.165) is 33.7 Å². The highest BCUT2D eigenvalue weighted by Crippen LogP contribution is 2.51. The number of hydrogen-bond donors (Lipinski definition) is 0. The quantitative estimate of drug-likeness (QED) is 0.178. The lowest BCUT2D eigenvalue weighted by Crippen LogP contribution is -2.15. The van der Waals surface area contributed by atoms with Gasteiger partial charge in [0, 0.05) is 54.5 Å².